The van der Waals surface area contributed by atoms with E-state index in [4.69, 9.17) is 4.74 Å². The molecule has 0 saturated heterocycles. The Labute approximate surface area is 145 Å². The molecule has 24 heavy (non-hydrogen) atoms. The molecule has 3 heterocycles. The highest BCUT2D eigenvalue weighted by Crippen LogP contribution is 2.40. The number of hydrogen-bond donors (Lipinski definition) is 0. The lowest BCUT2D eigenvalue weighted by molar-refractivity contribution is -0.0498. The van der Waals surface area contributed by atoms with Gasteiger partial charge in [-0.05, 0) is 52.2 Å². The van der Waals surface area contributed by atoms with Gasteiger partial charge >= 0.3 is 6.61 Å². The zero-order valence-corrected chi connectivity index (χ0v) is 14.1. The number of alkyl halides is 2. The molecule has 0 radical (unpaired) electrons. The molecule has 1 aromatic rings. The van der Waals surface area contributed by atoms with Crippen LogP contribution < -0.4 is 4.74 Å². The van der Waals surface area contributed by atoms with Gasteiger partial charge in [0.05, 0.1) is 16.4 Å². The summed E-state index contributed by atoms with van der Waals surface area (Å²) in [6, 6.07) is 6.54. The maximum absolute atomic E-state index is 12.3. The monoisotopic (exact) mass is 394 g/mol. The summed E-state index contributed by atoms with van der Waals surface area (Å²) < 4.78 is 35.3. The summed E-state index contributed by atoms with van der Waals surface area (Å²) in [5, 5.41) is 0. The molecule has 4 nitrogen and oxygen atoms in total. The third-order valence-corrected chi connectivity index (χ3v) is 4.72. The van der Waals surface area contributed by atoms with E-state index in [-0.39, 0.29) is 5.75 Å². The Morgan fingerprint density at radius 1 is 1.25 bits per heavy atom. The van der Waals surface area contributed by atoms with E-state index in [2.05, 4.69) is 30.6 Å². The van der Waals surface area contributed by atoms with E-state index < -0.39 is 6.61 Å². The number of aliphatic imine (C=N–C) groups is 1. The first-order valence-electron chi connectivity index (χ1n) is 7.44. The van der Waals surface area contributed by atoms with Gasteiger partial charge in [-0.15, -0.1) is 0 Å². The largest absolute Gasteiger partial charge is 0.496 e. The van der Waals surface area contributed by atoms with E-state index in [1.54, 1.807) is 18.4 Å². The highest BCUT2D eigenvalue weighted by atomic mass is 79.9. The Bertz CT molecular complexity index is 797. The Hall–Kier alpha value is -2.15. The molecule has 0 N–H and O–H groups in total. The number of halogens is 3. The first-order chi connectivity index (χ1) is 11.6. The molecule has 124 valence electrons. The van der Waals surface area contributed by atoms with Crippen molar-refractivity contribution in [2.75, 3.05) is 13.2 Å². The van der Waals surface area contributed by atoms with Crippen LogP contribution in [0.4, 0.5) is 8.78 Å². The van der Waals surface area contributed by atoms with Crippen molar-refractivity contribution in [3.63, 3.8) is 0 Å². The van der Waals surface area contributed by atoms with Crippen molar-refractivity contribution >= 4 is 21.8 Å². The fourth-order valence-electron chi connectivity index (χ4n) is 3.08. The first-order valence-corrected chi connectivity index (χ1v) is 8.23. The molecule has 3 aliphatic heterocycles. The molecule has 0 aromatic heterocycles. The van der Waals surface area contributed by atoms with Gasteiger partial charge in [-0.1, -0.05) is 0 Å². The Kier molecular flexibility index (Phi) is 3.88. The summed E-state index contributed by atoms with van der Waals surface area (Å²) in [4.78, 5) is 6.73. The van der Waals surface area contributed by atoms with Gasteiger partial charge in [0.15, 0.2) is 0 Å². The third kappa shape index (κ3) is 2.62. The highest BCUT2D eigenvalue weighted by molar-refractivity contribution is 9.12. The van der Waals surface area contributed by atoms with Crippen LogP contribution in [0.15, 0.2) is 63.0 Å². The number of ether oxygens (including phenoxy) is 2. The molecule has 1 aromatic carbocycles. The zero-order valence-electron chi connectivity index (χ0n) is 12.5. The molecule has 3 aliphatic rings. The van der Waals surface area contributed by atoms with Gasteiger partial charge < -0.3 is 14.4 Å². The number of amidine groups is 1. The molecule has 7 heteroatoms. The van der Waals surface area contributed by atoms with Crippen LogP contribution in [0.2, 0.25) is 0 Å². The maximum atomic E-state index is 12.3. The third-order valence-electron chi connectivity index (χ3n) is 4.11. The van der Waals surface area contributed by atoms with Crippen molar-refractivity contribution in [2.24, 2.45) is 4.99 Å². The van der Waals surface area contributed by atoms with Crippen LogP contribution in [0, 0.1) is 0 Å². The van der Waals surface area contributed by atoms with Gasteiger partial charge in [0.2, 0.25) is 0 Å². The van der Waals surface area contributed by atoms with E-state index in [9.17, 15) is 8.78 Å². The number of allylic oxidation sites excluding steroid dienone is 1. The van der Waals surface area contributed by atoms with E-state index >= 15 is 0 Å². The van der Waals surface area contributed by atoms with Crippen molar-refractivity contribution < 1.29 is 18.3 Å². The highest BCUT2D eigenvalue weighted by Gasteiger charge is 2.33. The summed E-state index contributed by atoms with van der Waals surface area (Å²) in [6.45, 7) is -1.44. The molecule has 4 rings (SSSR count). The van der Waals surface area contributed by atoms with Gasteiger partial charge in [-0.2, -0.15) is 8.78 Å². The number of nitrogens with zero attached hydrogens (tertiary/aromatic N) is 2. The zero-order chi connectivity index (χ0) is 16.7. The van der Waals surface area contributed by atoms with E-state index in [0.717, 1.165) is 40.1 Å². The molecule has 0 unspecified atom stereocenters. The van der Waals surface area contributed by atoms with E-state index in [1.165, 1.54) is 17.7 Å². The first kappa shape index (κ1) is 15.4. The normalized spacial score (nSPS) is 19.3. The summed E-state index contributed by atoms with van der Waals surface area (Å²) >= 11 is 3.52. The lowest BCUT2D eigenvalue weighted by atomic mass is 10.1. The quantitative estimate of drug-likeness (QED) is 0.771. The van der Waals surface area contributed by atoms with Crippen LogP contribution in [0.3, 0.4) is 0 Å². The van der Waals surface area contributed by atoms with Gasteiger partial charge in [-0.3, -0.25) is 0 Å². The molecule has 0 spiro atoms. The molecular formula is C17H13BrF2N2O2. The Morgan fingerprint density at radius 3 is 2.79 bits per heavy atom. The van der Waals surface area contributed by atoms with Crippen molar-refractivity contribution in [2.45, 2.75) is 13.0 Å². The standard InChI is InChI=1S/C17H13BrF2N2O2/c18-14-9-23-8-11-5-6-22-15(11)13(14)7-21-16(22)10-1-3-12(4-2-10)24-17(19)20/h1-4,7,9,17H,5-6,8H2. The predicted molar refractivity (Wildman–Crippen MR) is 89.0 cm³/mol. The second kappa shape index (κ2) is 6.05. The molecule has 0 aliphatic carbocycles. The van der Waals surface area contributed by atoms with Crippen LogP contribution in [0.25, 0.3) is 0 Å². The van der Waals surface area contributed by atoms with Gasteiger partial charge in [0.1, 0.15) is 18.2 Å². The fraction of sp³-hybridized carbons (Fsp3) is 0.235. The van der Waals surface area contributed by atoms with Crippen LogP contribution in [0.1, 0.15) is 12.0 Å². The Balaban J connectivity index is 1.70. The Morgan fingerprint density at radius 2 is 2.04 bits per heavy atom. The van der Waals surface area contributed by atoms with Gasteiger partial charge in [0.25, 0.3) is 0 Å². The average Bonchev–Trinajstić information content (AvgIpc) is 2.91. The van der Waals surface area contributed by atoms with Crippen molar-refractivity contribution in [3.8, 4) is 5.75 Å². The van der Waals surface area contributed by atoms with Crippen molar-refractivity contribution in [1.82, 2.24) is 4.90 Å². The SMILES string of the molecule is FC(F)Oc1ccc(C2=NC=C3C(Br)=COCC4=C3N2CC4)cc1. The molecule has 0 atom stereocenters. The number of rotatable bonds is 3. The second-order valence-electron chi connectivity index (χ2n) is 5.53. The molecule has 0 bridgehead atoms. The van der Waals surface area contributed by atoms with Crippen LogP contribution in [0.5, 0.6) is 5.75 Å². The smallest absolute Gasteiger partial charge is 0.387 e. The van der Waals surface area contributed by atoms with Crippen molar-refractivity contribution in [1.29, 1.82) is 0 Å². The van der Waals surface area contributed by atoms with E-state index in [0.29, 0.717) is 6.61 Å². The summed E-state index contributed by atoms with van der Waals surface area (Å²) in [7, 11) is 0. The number of hydrogen-bond acceptors (Lipinski definition) is 4. The molecule has 0 amide bonds. The van der Waals surface area contributed by atoms with Crippen LogP contribution >= 0.6 is 15.9 Å². The lowest BCUT2D eigenvalue weighted by Gasteiger charge is -2.28. The predicted octanol–water partition coefficient (Wildman–Crippen LogP) is 4.16. The molecule has 0 saturated carbocycles. The van der Waals surface area contributed by atoms with Crippen molar-refractivity contribution in [3.05, 3.63) is 63.6 Å². The maximum Gasteiger partial charge on any atom is 0.387 e. The minimum atomic E-state index is -2.82. The molecule has 0 fully saturated rings. The topological polar surface area (TPSA) is 34.1 Å². The minimum Gasteiger partial charge on any atom is -0.496 e. The van der Waals surface area contributed by atoms with Crippen LogP contribution in [-0.4, -0.2) is 30.5 Å². The van der Waals surface area contributed by atoms with Gasteiger partial charge in [-0.25, -0.2) is 4.99 Å². The summed E-state index contributed by atoms with van der Waals surface area (Å²) in [6.07, 6.45) is 4.41. The molecular weight excluding hydrogens is 382 g/mol. The van der Waals surface area contributed by atoms with Crippen LogP contribution in [-0.2, 0) is 4.74 Å². The minimum absolute atomic E-state index is 0.135. The average molecular weight is 395 g/mol. The summed E-state index contributed by atoms with van der Waals surface area (Å²) in [5.41, 5.74) is 4.21. The number of benzene rings is 1. The summed E-state index contributed by atoms with van der Waals surface area (Å²) in [5.74, 6) is 0.936. The fourth-order valence-corrected chi connectivity index (χ4v) is 3.50. The second-order valence-corrected chi connectivity index (χ2v) is 6.38. The van der Waals surface area contributed by atoms with E-state index in [1.807, 2.05) is 6.20 Å². The van der Waals surface area contributed by atoms with Gasteiger partial charge in [0, 0.05) is 23.9 Å². The lowest BCUT2D eigenvalue weighted by Crippen LogP contribution is -2.31.